The lowest BCUT2D eigenvalue weighted by Gasteiger charge is -2.56. The van der Waals surface area contributed by atoms with Crippen molar-refractivity contribution in [2.45, 2.75) is 64.9 Å². The van der Waals surface area contributed by atoms with Gasteiger partial charge in [0.25, 0.3) is 0 Å². The molecule has 0 spiro atoms. The van der Waals surface area contributed by atoms with Crippen LogP contribution in [0.2, 0.25) is 0 Å². The minimum atomic E-state index is -0.0913. The summed E-state index contributed by atoms with van der Waals surface area (Å²) in [6.07, 6.45) is 10.8. The lowest BCUT2D eigenvalue weighted by atomic mass is 9.49. The monoisotopic (exact) mass is 298 g/mol. The lowest BCUT2D eigenvalue weighted by molar-refractivity contribution is -0.0216. The smallest absolute Gasteiger partial charge is 0.0577 e. The normalized spacial score (nSPS) is 50.5. The van der Waals surface area contributed by atoms with Crippen LogP contribution in [0.1, 0.15) is 58.8 Å². The highest BCUT2D eigenvalue weighted by Crippen LogP contribution is 2.63. The van der Waals surface area contributed by atoms with Crippen molar-refractivity contribution in [2.24, 2.45) is 35.0 Å². The second-order valence-corrected chi connectivity index (χ2v) is 8.69. The summed E-state index contributed by atoms with van der Waals surface area (Å²) in [5, 5.41) is 10.1. The van der Waals surface area contributed by atoms with Crippen LogP contribution in [-0.4, -0.2) is 11.2 Å². The molecule has 3 saturated carbocycles. The number of fused-ring (bicyclic) bond motifs is 5. The molecule has 4 aliphatic rings. The van der Waals surface area contributed by atoms with E-state index in [9.17, 15) is 5.11 Å². The molecule has 0 saturated heterocycles. The Bertz CT molecular complexity index is 552. The minimum Gasteiger partial charge on any atom is -0.393 e. The van der Waals surface area contributed by atoms with Crippen molar-refractivity contribution in [3.63, 3.8) is 0 Å². The fourth-order valence-electron chi connectivity index (χ4n) is 6.71. The molecule has 4 aliphatic carbocycles. The highest BCUT2D eigenvalue weighted by atomic mass is 16.3. The van der Waals surface area contributed by atoms with Gasteiger partial charge in [0, 0.05) is 0 Å². The van der Waals surface area contributed by atoms with Gasteiger partial charge in [-0.15, -0.1) is 5.73 Å². The summed E-state index contributed by atoms with van der Waals surface area (Å²) >= 11 is 0. The fourth-order valence-corrected chi connectivity index (χ4v) is 6.71. The molecule has 120 valence electrons. The van der Waals surface area contributed by atoms with E-state index in [0.717, 1.165) is 42.4 Å². The van der Waals surface area contributed by atoms with Crippen molar-refractivity contribution in [1.82, 2.24) is 0 Å². The van der Waals surface area contributed by atoms with Crippen LogP contribution in [0.15, 0.2) is 29.5 Å². The van der Waals surface area contributed by atoms with E-state index in [2.05, 4.69) is 32.2 Å². The van der Waals surface area contributed by atoms with E-state index in [4.69, 9.17) is 0 Å². The molecule has 0 aliphatic heterocycles. The Morgan fingerprint density at radius 3 is 2.91 bits per heavy atom. The predicted molar refractivity (Wildman–Crippen MR) is 90.3 cm³/mol. The van der Waals surface area contributed by atoms with E-state index in [1.54, 1.807) is 5.57 Å². The van der Waals surface area contributed by atoms with Gasteiger partial charge in [-0.1, -0.05) is 32.1 Å². The first-order valence-electron chi connectivity index (χ1n) is 9.31. The summed E-state index contributed by atoms with van der Waals surface area (Å²) in [5.74, 6) is 4.09. The average Bonchev–Trinajstić information content (AvgIpc) is 2.94. The zero-order chi connectivity index (χ0) is 15.5. The summed E-state index contributed by atoms with van der Waals surface area (Å²) < 4.78 is 0. The molecule has 22 heavy (non-hydrogen) atoms. The SMILES string of the molecule is C=C=C1CCC2C3CC=C4C[C@@H](O)CC[C@]4(C)C3C[C@@H](C)C12. The highest BCUT2D eigenvalue weighted by Gasteiger charge is 2.55. The van der Waals surface area contributed by atoms with Crippen LogP contribution in [0, 0.1) is 35.0 Å². The second kappa shape index (κ2) is 5.11. The molecule has 0 heterocycles. The van der Waals surface area contributed by atoms with Crippen LogP contribution in [0.5, 0.6) is 0 Å². The third-order valence-electron chi connectivity index (χ3n) is 7.78. The number of aliphatic hydroxyl groups is 1. The van der Waals surface area contributed by atoms with E-state index in [0.29, 0.717) is 5.41 Å². The molecule has 4 rings (SSSR count). The Labute approximate surface area is 135 Å². The van der Waals surface area contributed by atoms with Gasteiger partial charge in [-0.05, 0) is 85.5 Å². The quantitative estimate of drug-likeness (QED) is 0.499. The van der Waals surface area contributed by atoms with E-state index < -0.39 is 0 Å². The van der Waals surface area contributed by atoms with Gasteiger partial charge in [0.2, 0.25) is 0 Å². The molecule has 7 atom stereocenters. The summed E-state index contributed by atoms with van der Waals surface area (Å²) in [6, 6.07) is 0. The highest BCUT2D eigenvalue weighted by molar-refractivity contribution is 5.27. The molecule has 0 radical (unpaired) electrons. The summed E-state index contributed by atoms with van der Waals surface area (Å²) in [4.78, 5) is 0. The maximum absolute atomic E-state index is 10.1. The van der Waals surface area contributed by atoms with Crippen LogP contribution in [0.4, 0.5) is 0 Å². The molecule has 4 unspecified atom stereocenters. The Balaban J connectivity index is 1.70. The van der Waals surface area contributed by atoms with Crippen LogP contribution in [0.25, 0.3) is 0 Å². The Morgan fingerprint density at radius 2 is 2.14 bits per heavy atom. The van der Waals surface area contributed by atoms with Crippen LogP contribution < -0.4 is 0 Å². The number of rotatable bonds is 0. The number of hydrogen-bond donors (Lipinski definition) is 1. The molecule has 0 amide bonds. The Kier molecular flexibility index (Phi) is 3.44. The molecular weight excluding hydrogens is 268 g/mol. The van der Waals surface area contributed by atoms with Crippen molar-refractivity contribution in [2.75, 3.05) is 0 Å². The molecule has 1 heteroatoms. The summed E-state index contributed by atoms with van der Waals surface area (Å²) in [6.45, 7) is 8.93. The van der Waals surface area contributed by atoms with Gasteiger partial charge in [-0.2, -0.15) is 0 Å². The summed E-state index contributed by atoms with van der Waals surface area (Å²) in [7, 11) is 0. The van der Waals surface area contributed by atoms with E-state index in [1.165, 1.54) is 37.7 Å². The molecule has 0 aromatic heterocycles. The van der Waals surface area contributed by atoms with Gasteiger partial charge < -0.3 is 5.11 Å². The Hall–Kier alpha value is -0.780. The minimum absolute atomic E-state index is 0.0913. The maximum atomic E-state index is 10.1. The average molecular weight is 298 g/mol. The zero-order valence-electron chi connectivity index (χ0n) is 14.1. The molecule has 3 fully saturated rings. The lowest BCUT2D eigenvalue weighted by Crippen LogP contribution is -2.49. The van der Waals surface area contributed by atoms with Crippen molar-refractivity contribution in [1.29, 1.82) is 0 Å². The number of aliphatic hydroxyl groups excluding tert-OH is 1. The van der Waals surface area contributed by atoms with Crippen LogP contribution in [-0.2, 0) is 0 Å². The standard InChI is InChI=1S/C21H30O/c1-4-14-5-7-18-17-8-6-15-12-16(22)9-10-21(15,3)19(17)11-13(2)20(14)18/h6,13,16-20,22H,1,5,7-12H2,2-3H3/t13-,16+,17?,18?,19?,20?,21+/m1/s1. The maximum Gasteiger partial charge on any atom is 0.0577 e. The zero-order valence-corrected chi connectivity index (χ0v) is 14.1. The third kappa shape index (κ3) is 1.95. The van der Waals surface area contributed by atoms with Crippen LogP contribution >= 0.6 is 0 Å². The predicted octanol–water partition coefficient (Wildman–Crippen LogP) is 4.88. The van der Waals surface area contributed by atoms with Crippen molar-refractivity contribution in [3.8, 4) is 0 Å². The van der Waals surface area contributed by atoms with Crippen molar-refractivity contribution < 1.29 is 5.11 Å². The van der Waals surface area contributed by atoms with E-state index in [-0.39, 0.29) is 6.10 Å². The first-order chi connectivity index (χ1) is 10.5. The number of hydrogen-bond acceptors (Lipinski definition) is 1. The summed E-state index contributed by atoms with van der Waals surface area (Å²) in [5.41, 5.74) is 6.74. The third-order valence-corrected chi connectivity index (χ3v) is 7.78. The topological polar surface area (TPSA) is 20.2 Å². The van der Waals surface area contributed by atoms with Gasteiger partial charge in [-0.25, -0.2) is 0 Å². The van der Waals surface area contributed by atoms with Gasteiger partial charge in [0.05, 0.1) is 6.10 Å². The number of allylic oxidation sites excluding steroid dienone is 2. The van der Waals surface area contributed by atoms with Gasteiger partial charge >= 0.3 is 0 Å². The molecule has 1 N–H and O–H groups in total. The molecule has 0 aromatic rings. The molecule has 0 bridgehead atoms. The fraction of sp³-hybridized carbons (Fsp3) is 0.762. The van der Waals surface area contributed by atoms with Gasteiger partial charge in [0.15, 0.2) is 0 Å². The van der Waals surface area contributed by atoms with E-state index in [1.807, 2.05) is 0 Å². The molecule has 1 nitrogen and oxygen atoms in total. The van der Waals surface area contributed by atoms with Gasteiger partial charge in [0.1, 0.15) is 0 Å². The van der Waals surface area contributed by atoms with Crippen LogP contribution in [0.3, 0.4) is 0 Å². The molecular formula is C21H30O. The van der Waals surface area contributed by atoms with E-state index >= 15 is 0 Å². The molecule has 0 aromatic carbocycles. The Morgan fingerprint density at radius 1 is 1.32 bits per heavy atom. The second-order valence-electron chi connectivity index (χ2n) is 8.69. The first-order valence-corrected chi connectivity index (χ1v) is 9.31. The first kappa shape index (κ1) is 14.8. The van der Waals surface area contributed by atoms with Gasteiger partial charge in [-0.3, -0.25) is 0 Å². The van der Waals surface area contributed by atoms with Crippen molar-refractivity contribution >= 4 is 0 Å². The largest absolute Gasteiger partial charge is 0.393 e. The van der Waals surface area contributed by atoms with Crippen molar-refractivity contribution in [3.05, 3.63) is 29.5 Å².